The number of ether oxygens (including phenoxy) is 4. The minimum Gasteiger partial charge on any atom is -0.395 e. The zero-order chi connectivity index (χ0) is 35.7. The molecule has 19 N–H and O–H groups in total. The van der Waals surface area contributed by atoms with Crippen molar-refractivity contribution in [2.75, 3.05) is 33.4 Å². The van der Waals surface area contributed by atoms with E-state index in [4.69, 9.17) is 47.0 Å². The Bertz CT molecular complexity index is 1120. The van der Waals surface area contributed by atoms with Crippen LogP contribution in [-0.2, 0) is 23.7 Å². The largest absolute Gasteiger partial charge is 0.395 e. The Labute approximate surface area is 276 Å². The molecule has 21 heteroatoms. The maximum atomic E-state index is 13.2. The lowest BCUT2D eigenvalue weighted by Crippen LogP contribution is -2.70. The van der Waals surface area contributed by atoms with Crippen molar-refractivity contribution in [2.45, 2.75) is 123 Å². The van der Waals surface area contributed by atoms with Crippen LogP contribution in [0.2, 0.25) is 0 Å². The molecule has 2 heterocycles. The van der Waals surface area contributed by atoms with Gasteiger partial charge in [0.2, 0.25) is 0 Å². The number of aliphatic hydroxyl groups excluding tert-OH is 6. The molecule has 21 nitrogen and oxygen atoms in total. The van der Waals surface area contributed by atoms with Gasteiger partial charge in [-0.1, -0.05) is 0 Å². The summed E-state index contributed by atoms with van der Waals surface area (Å²) in [5, 5.41) is 93.4. The predicted molar refractivity (Wildman–Crippen MR) is 163 cm³/mol. The van der Waals surface area contributed by atoms with Crippen LogP contribution >= 0.6 is 0 Å². The molecular weight excluding hydrogens is 644 g/mol. The van der Waals surface area contributed by atoms with Crippen LogP contribution in [0.4, 0.5) is 0 Å². The number of nitrogens with one attached hydrogen (secondary N) is 3. The van der Waals surface area contributed by atoms with Crippen LogP contribution in [0.25, 0.3) is 0 Å². The molecule has 2 saturated carbocycles. The summed E-state index contributed by atoms with van der Waals surface area (Å²) < 4.78 is 23.3. The first-order valence-electron chi connectivity index (χ1n) is 15.8. The lowest BCUT2D eigenvalue weighted by atomic mass is 9.83. The molecule has 278 valence electrons. The zero-order valence-corrected chi connectivity index (χ0v) is 26.8. The van der Waals surface area contributed by atoms with Crippen molar-refractivity contribution in [3.05, 3.63) is 0 Å². The van der Waals surface area contributed by atoms with Crippen LogP contribution in [0.5, 0.6) is 0 Å². The number of rotatable bonds is 13. The number of hydrogen-bond donors (Lipinski definition) is 15. The van der Waals surface area contributed by atoms with Gasteiger partial charge in [0.1, 0.15) is 54.4 Å². The summed E-state index contributed by atoms with van der Waals surface area (Å²) in [7, 11) is 1.51. The molecule has 0 aromatic carbocycles. The van der Waals surface area contributed by atoms with Gasteiger partial charge in [-0.15, -0.1) is 0 Å². The first-order valence-corrected chi connectivity index (χ1v) is 15.8. The summed E-state index contributed by atoms with van der Waals surface area (Å²) >= 11 is 0. The fourth-order valence-corrected chi connectivity index (χ4v) is 6.39. The van der Waals surface area contributed by atoms with E-state index in [-0.39, 0.29) is 45.1 Å². The van der Waals surface area contributed by atoms with E-state index in [9.17, 15) is 40.5 Å². The van der Waals surface area contributed by atoms with E-state index >= 15 is 0 Å². The van der Waals surface area contributed by atoms with E-state index in [2.05, 4.69) is 20.9 Å². The van der Waals surface area contributed by atoms with Gasteiger partial charge in [0.05, 0.1) is 31.3 Å². The van der Waals surface area contributed by atoms with Gasteiger partial charge in [-0.3, -0.25) is 4.79 Å². The van der Waals surface area contributed by atoms with Crippen molar-refractivity contribution in [1.29, 1.82) is 0 Å². The predicted octanol–water partition coefficient (Wildman–Crippen LogP) is -9.12. The van der Waals surface area contributed by atoms with Crippen LogP contribution in [-0.4, -0.2) is 189 Å². The maximum absolute atomic E-state index is 13.2. The number of carbonyl (C=O) groups is 1. The van der Waals surface area contributed by atoms with Gasteiger partial charge in [0.25, 0.3) is 5.91 Å². The molecule has 4 rings (SSSR count). The number of amides is 1. The molecule has 0 aromatic rings. The molecular formula is C27H52N8O13. The number of aliphatic hydroxyl groups is 8. The minimum atomic E-state index is -1.95. The van der Waals surface area contributed by atoms with E-state index in [1.165, 1.54) is 14.0 Å². The highest BCUT2D eigenvalue weighted by Gasteiger charge is 2.61. The molecule has 0 spiro atoms. The summed E-state index contributed by atoms with van der Waals surface area (Å²) in [6.45, 7) is 0.953. The third-order valence-corrected chi connectivity index (χ3v) is 9.31. The summed E-state index contributed by atoms with van der Waals surface area (Å²) in [5.74, 6) is -1.20. The van der Waals surface area contributed by atoms with E-state index < -0.39 is 109 Å². The second-order valence-electron chi connectivity index (χ2n) is 13.3. The van der Waals surface area contributed by atoms with Crippen LogP contribution in [0.15, 0.2) is 4.99 Å². The Kier molecular flexibility index (Phi) is 12.6. The fourth-order valence-electron chi connectivity index (χ4n) is 6.39. The molecule has 1 amide bonds. The van der Waals surface area contributed by atoms with Crippen LogP contribution in [0.1, 0.15) is 19.8 Å². The lowest BCUT2D eigenvalue weighted by molar-refractivity contribution is -0.330. The van der Waals surface area contributed by atoms with Gasteiger partial charge in [0, 0.05) is 31.6 Å². The normalized spacial score (nSPS) is 46.8. The average molecular weight is 697 g/mol. The fraction of sp³-hybridized carbons (Fsp3) is 0.926. The van der Waals surface area contributed by atoms with Crippen molar-refractivity contribution in [1.82, 2.24) is 16.0 Å². The second-order valence-corrected chi connectivity index (χ2v) is 13.3. The molecule has 0 bridgehead atoms. The van der Waals surface area contributed by atoms with Crippen molar-refractivity contribution >= 4 is 11.9 Å². The second kappa shape index (κ2) is 15.6. The summed E-state index contributed by atoms with van der Waals surface area (Å²) in [5.41, 5.74) is 19.4. The molecule has 2 aliphatic heterocycles. The molecule has 4 fully saturated rings. The topological polar surface area (TPSA) is 368 Å². The zero-order valence-electron chi connectivity index (χ0n) is 26.8. The molecule has 48 heavy (non-hydrogen) atoms. The monoisotopic (exact) mass is 696 g/mol. The Morgan fingerprint density at radius 3 is 2.31 bits per heavy atom. The highest BCUT2D eigenvalue weighted by Crippen LogP contribution is 2.40. The van der Waals surface area contributed by atoms with Crippen molar-refractivity contribution in [2.24, 2.45) is 27.9 Å². The smallest absolute Gasteiger partial charge is 0.254 e. The summed E-state index contributed by atoms with van der Waals surface area (Å²) in [4.78, 5) is 17.0. The first-order chi connectivity index (χ1) is 22.4. The number of nitrogens with two attached hydrogens (primary N) is 4. The number of carbonyl (C=O) groups excluding carboxylic acids is 1. The van der Waals surface area contributed by atoms with E-state index in [0.29, 0.717) is 0 Å². The highest BCUT2D eigenvalue weighted by atomic mass is 16.7. The van der Waals surface area contributed by atoms with Crippen molar-refractivity contribution < 1.29 is 64.6 Å². The summed E-state index contributed by atoms with van der Waals surface area (Å²) in [6.07, 6.45) is -15.5. The van der Waals surface area contributed by atoms with Crippen LogP contribution in [0, 0.1) is 0 Å². The lowest BCUT2D eigenvalue weighted by Gasteiger charge is -2.49. The molecule has 3 unspecified atom stereocenters. The summed E-state index contributed by atoms with van der Waals surface area (Å²) in [6, 6.07) is -4.63. The molecule has 4 aliphatic rings. The van der Waals surface area contributed by atoms with E-state index in [0.717, 1.165) is 0 Å². The van der Waals surface area contributed by atoms with Crippen molar-refractivity contribution in [3.63, 3.8) is 0 Å². The van der Waals surface area contributed by atoms with Gasteiger partial charge < -0.3 is 98.7 Å². The molecule has 2 saturated heterocycles. The molecule has 2 aliphatic carbocycles. The van der Waals surface area contributed by atoms with Gasteiger partial charge in [0.15, 0.2) is 24.1 Å². The number of aliphatic imine (C=N–C) groups is 1. The van der Waals surface area contributed by atoms with E-state index in [1.54, 1.807) is 0 Å². The van der Waals surface area contributed by atoms with Crippen LogP contribution < -0.4 is 38.9 Å². The minimum absolute atomic E-state index is 0.0608. The Hall–Kier alpha value is -1.90. The number of likely N-dealkylation sites (N-methyl/N-ethyl adjacent to an activating group) is 1. The van der Waals surface area contributed by atoms with Gasteiger partial charge in [-0.25, -0.2) is 4.99 Å². The van der Waals surface area contributed by atoms with Crippen molar-refractivity contribution in [3.8, 4) is 0 Å². The average Bonchev–Trinajstić information content (AvgIpc) is 3.67. The van der Waals surface area contributed by atoms with E-state index in [1.807, 2.05) is 0 Å². The number of hydrogen-bond acceptors (Lipinski definition) is 18. The molecule has 17 atom stereocenters. The Morgan fingerprint density at radius 2 is 1.69 bits per heavy atom. The highest BCUT2D eigenvalue weighted by molar-refractivity contribution is 5.90. The number of nitrogens with zero attached hydrogens (tertiary/aromatic N) is 1. The first kappa shape index (κ1) is 38.9. The van der Waals surface area contributed by atoms with Crippen LogP contribution in [0.3, 0.4) is 0 Å². The third-order valence-electron chi connectivity index (χ3n) is 9.31. The molecule has 0 radical (unpaired) electrons. The number of guanidine groups is 1. The Balaban J connectivity index is 1.54. The van der Waals surface area contributed by atoms with Gasteiger partial charge in [-0.2, -0.15) is 0 Å². The third kappa shape index (κ3) is 8.34. The van der Waals surface area contributed by atoms with Gasteiger partial charge >= 0.3 is 0 Å². The van der Waals surface area contributed by atoms with Gasteiger partial charge in [-0.05, 0) is 20.4 Å². The maximum Gasteiger partial charge on any atom is 0.254 e. The Morgan fingerprint density at radius 1 is 1.02 bits per heavy atom. The SMILES string of the molecule is CN[C@@H]1[C@@H](O)[C@@H](O[C@@H]2[C@@H](O)[C@H](O[C@H]3O[C@H](CNCC(N)CO)[C@@H](O)[C@H](O)[C@H]3O)[C@@H](N)C[C@H]2NC(=O)C2(O)CC2N=C(N)N)OC[C@]1(C)O. The standard InChI is InChI=1S/C27H52N8O13/c1-26(43)8-45-22(18(41)21(26)32-2)48-20-11(34-24(42)27(44)4-13(27)35-25(30)31)3-10(29)19(17(20)40)47-23-16(39)15(38)14(37)12(46-23)6-33-5-9(28)7-36/h9-23,32-33,36-41,43-44H,3-8,28-29H2,1-2H3,(H,34,42)(H4,30,31,35)/t9?,10-,11+,12+,13?,14+,15-,16+,17-,18+,19+,20-,21+,22+,23+,26-,27?/m0/s1. The molecule has 0 aromatic heterocycles. The quantitative estimate of drug-likeness (QED) is 0.0627.